The van der Waals surface area contributed by atoms with Gasteiger partial charge in [0.2, 0.25) is 18.5 Å². The van der Waals surface area contributed by atoms with E-state index in [1.807, 2.05) is 12.1 Å². The maximum absolute atomic E-state index is 5.83. The smallest absolute Gasteiger partial charge is 0.231 e. The van der Waals surface area contributed by atoms with Gasteiger partial charge < -0.3 is 25.7 Å². The fourth-order valence-electron chi connectivity index (χ4n) is 2.08. The molecule has 4 N–H and O–H groups in total. The van der Waals surface area contributed by atoms with Gasteiger partial charge >= 0.3 is 0 Å². The van der Waals surface area contributed by atoms with Gasteiger partial charge in [0.1, 0.15) is 5.82 Å². The lowest BCUT2D eigenvalue weighted by atomic mass is 10.1. The van der Waals surface area contributed by atoms with Crippen molar-refractivity contribution in [3.05, 3.63) is 29.5 Å². The highest BCUT2D eigenvalue weighted by Crippen LogP contribution is 2.42. The summed E-state index contributed by atoms with van der Waals surface area (Å²) in [4.78, 5) is 7.89. The lowest BCUT2D eigenvalue weighted by Crippen LogP contribution is -2.04. The first kappa shape index (κ1) is 12.3. The molecule has 0 unspecified atom stereocenters. The molecule has 0 saturated carbocycles. The number of nitrogen functional groups attached to an aromatic ring is 2. The van der Waals surface area contributed by atoms with Crippen LogP contribution in [-0.4, -0.2) is 23.9 Å². The number of anilines is 2. The van der Waals surface area contributed by atoms with Crippen LogP contribution in [0.1, 0.15) is 11.1 Å². The van der Waals surface area contributed by atoms with Crippen LogP contribution in [0.15, 0.2) is 18.3 Å². The molecule has 1 aliphatic heterocycles. The lowest BCUT2D eigenvalue weighted by molar-refractivity contribution is 0.171. The number of nitrogens with zero attached hydrogens (tertiary/aromatic N) is 2. The average Bonchev–Trinajstić information content (AvgIpc) is 2.89. The molecule has 0 bridgehead atoms. The molecule has 1 aliphatic rings. The van der Waals surface area contributed by atoms with Gasteiger partial charge in [-0.3, -0.25) is 0 Å². The number of nitrogens with two attached hydrogens (primary N) is 2. The molecular weight excluding hydrogens is 260 g/mol. The van der Waals surface area contributed by atoms with Gasteiger partial charge in [-0.05, 0) is 17.7 Å². The molecule has 0 atom stereocenters. The zero-order valence-electron chi connectivity index (χ0n) is 10.9. The molecule has 0 saturated heterocycles. The molecule has 1 aromatic carbocycles. The Morgan fingerprint density at radius 2 is 2.15 bits per heavy atom. The summed E-state index contributed by atoms with van der Waals surface area (Å²) in [6, 6.07) is 3.77. The zero-order valence-corrected chi connectivity index (χ0v) is 10.9. The topological polar surface area (TPSA) is 106 Å². The summed E-state index contributed by atoms with van der Waals surface area (Å²) >= 11 is 0. The van der Waals surface area contributed by atoms with E-state index >= 15 is 0 Å². The van der Waals surface area contributed by atoms with Crippen LogP contribution in [0, 0.1) is 0 Å². The monoisotopic (exact) mass is 274 g/mol. The number of ether oxygens (including phenoxy) is 3. The first-order valence-electron chi connectivity index (χ1n) is 6.00. The average molecular weight is 274 g/mol. The minimum absolute atomic E-state index is 0.162. The van der Waals surface area contributed by atoms with Crippen LogP contribution in [-0.2, 0) is 6.42 Å². The van der Waals surface area contributed by atoms with Crippen LogP contribution in [0.25, 0.3) is 0 Å². The third-order valence-corrected chi connectivity index (χ3v) is 3.03. The standard InChI is InChI=1S/C13H14N4O3/c1-18-9-3-7(4-10-11(9)20-6-19-10)2-8-5-16-13(15)17-12(8)14/h3-5H,2,6H2,1H3,(H4,14,15,16,17). The lowest BCUT2D eigenvalue weighted by Gasteiger charge is -2.09. The van der Waals surface area contributed by atoms with Crippen molar-refractivity contribution in [2.45, 2.75) is 6.42 Å². The zero-order chi connectivity index (χ0) is 14.1. The Hall–Kier alpha value is -2.70. The number of fused-ring (bicyclic) bond motifs is 1. The van der Waals surface area contributed by atoms with Crippen molar-refractivity contribution in [1.82, 2.24) is 9.97 Å². The van der Waals surface area contributed by atoms with Crippen LogP contribution in [0.2, 0.25) is 0 Å². The molecule has 2 heterocycles. The number of benzene rings is 1. The Labute approximate surface area is 115 Å². The molecule has 0 spiro atoms. The fraction of sp³-hybridized carbons (Fsp3) is 0.231. The van der Waals surface area contributed by atoms with E-state index in [1.165, 1.54) is 0 Å². The Balaban J connectivity index is 1.95. The largest absolute Gasteiger partial charge is 0.493 e. The second-order valence-corrected chi connectivity index (χ2v) is 4.35. The van der Waals surface area contributed by atoms with Crippen molar-refractivity contribution in [3.63, 3.8) is 0 Å². The second-order valence-electron chi connectivity index (χ2n) is 4.35. The number of rotatable bonds is 3. The molecule has 0 amide bonds. The van der Waals surface area contributed by atoms with Crippen molar-refractivity contribution in [1.29, 1.82) is 0 Å². The summed E-state index contributed by atoms with van der Waals surface area (Å²) in [5, 5.41) is 0. The van der Waals surface area contributed by atoms with E-state index in [0.29, 0.717) is 29.5 Å². The predicted molar refractivity (Wildman–Crippen MR) is 72.8 cm³/mol. The molecule has 20 heavy (non-hydrogen) atoms. The van der Waals surface area contributed by atoms with Crippen molar-refractivity contribution < 1.29 is 14.2 Å². The molecule has 7 heteroatoms. The third-order valence-electron chi connectivity index (χ3n) is 3.03. The van der Waals surface area contributed by atoms with E-state index in [-0.39, 0.29) is 12.7 Å². The molecule has 2 aromatic rings. The van der Waals surface area contributed by atoms with Crippen LogP contribution >= 0.6 is 0 Å². The normalized spacial score (nSPS) is 12.4. The maximum atomic E-state index is 5.83. The van der Waals surface area contributed by atoms with E-state index < -0.39 is 0 Å². The van der Waals surface area contributed by atoms with Crippen LogP contribution in [0.3, 0.4) is 0 Å². The highest BCUT2D eigenvalue weighted by atomic mass is 16.7. The molecule has 3 rings (SSSR count). The Morgan fingerprint density at radius 1 is 1.30 bits per heavy atom. The van der Waals surface area contributed by atoms with E-state index in [1.54, 1.807) is 13.3 Å². The number of methoxy groups -OCH3 is 1. The van der Waals surface area contributed by atoms with E-state index in [4.69, 9.17) is 25.7 Å². The first-order chi connectivity index (χ1) is 9.67. The van der Waals surface area contributed by atoms with Gasteiger partial charge in [-0.1, -0.05) is 0 Å². The van der Waals surface area contributed by atoms with E-state index in [0.717, 1.165) is 11.1 Å². The van der Waals surface area contributed by atoms with Gasteiger partial charge in [0.05, 0.1) is 7.11 Å². The van der Waals surface area contributed by atoms with Gasteiger partial charge in [0.15, 0.2) is 11.5 Å². The van der Waals surface area contributed by atoms with Crippen LogP contribution in [0.5, 0.6) is 17.2 Å². The van der Waals surface area contributed by atoms with Crippen molar-refractivity contribution >= 4 is 11.8 Å². The minimum atomic E-state index is 0.162. The van der Waals surface area contributed by atoms with Gasteiger partial charge in [-0.25, -0.2) is 4.98 Å². The van der Waals surface area contributed by atoms with Crippen molar-refractivity contribution in [2.75, 3.05) is 25.4 Å². The molecule has 104 valence electrons. The van der Waals surface area contributed by atoms with E-state index in [2.05, 4.69) is 9.97 Å². The second kappa shape index (κ2) is 4.76. The summed E-state index contributed by atoms with van der Waals surface area (Å²) in [5.41, 5.74) is 13.1. The summed E-state index contributed by atoms with van der Waals surface area (Å²) < 4.78 is 16.0. The van der Waals surface area contributed by atoms with Crippen molar-refractivity contribution in [2.24, 2.45) is 0 Å². The minimum Gasteiger partial charge on any atom is -0.493 e. The molecule has 7 nitrogen and oxygen atoms in total. The number of hydrogen-bond acceptors (Lipinski definition) is 7. The predicted octanol–water partition coefficient (Wildman–Crippen LogP) is 0.969. The van der Waals surface area contributed by atoms with Crippen LogP contribution < -0.4 is 25.7 Å². The molecule has 0 aliphatic carbocycles. The highest BCUT2D eigenvalue weighted by Gasteiger charge is 2.20. The van der Waals surface area contributed by atoms with Gasteiger partial charge in [0, 0.05) is 18.2 Å². The maximum Gasteiger partial charge on any atom is 0.231 e. The Bertz CT molecular complexity index is 660. The Morgan fingerprint density at radius 3 is 2.90 bits per heavy atom. The van der Waals surface area contributed by atoms with Crippen LogP contribution in [0.4, 0.5) is 11.8 Å². The quantitative estimate of drug-likeness (QED) is 0.858. The van der Waals surface area contributed by atoms with Crippen molar-refractivity contribution in [3.8, 4) is 17.2 Å². The molecule has 1 aromatic heterocycles. The van der Waals surface area contributed by atoms with E-state index in [9.17, 15) is 0 Å². The Kier molecular flexibility index (Phi) is 2.94. The molecular formula is C13H14N4O3. The summed E-state index contributed by atoms with van der Waals surface area (Å²) in [6.45, 7) is 0.197. The van der Waals surface area contributed by atoms with Gasteiger partial charge in [-0.15, -0.1) is 0 Å². The molecule has 0 radical (unpaired) electrons. The summed E-state index contributed by atoms with van der Waals surface area (Å²) in [6.07, 6.45) is 2.17. The van der Waals surface area contributed by atoms with Gasteiger partial charge in [0.25, 0.3) is 0 Å². The third kappa shape index (κ3) is 2.13. The first-order valence-corrected chi connectivity index (χ1v) is 6.00. The summed E-state index contributed by atoms with van der Waals surface area (Å²) in [7, 11) is 1.59. The SMILES string of the molecule is COc1cc(Cc2cnc(N)nc2N)cc2c1OCO2. The van der Waals surface area contributed by atoms with Gasteiger partial charge in [-0.2, -0.15) is 4.98 Å². The fourth-order valence-corrected chi connectivity index (χ4v) is 2.08. The molecule has 0 fully saturated rings. The highest BCUT2D eigenvalue weighted by molar-refractivity contribution is 5.56. The summed E-state index contributed by atoms with van der Waals surface area (Å²) in [5.74, 6) is 2.45. The number of aromatic nitrogens is 2. The number of hydrogen-bond donors (Lipinski definition) is 2.